The van der Waals surface area contributed by atoms with Gasteiger partial charge in [-0.2, -0.15) is 0 Å². The van der Waals surface area contributed by atoms with E-state index in [2.05, 4.69) is 31.7 Å². The van der Waals surface area contributed by atoms with Crippen LogP contribution in [0.4, 0.5) is 4.79 Å². The topological polar surface area (TPSA) is 59.0 Å². The number of amides is 2. The van der Waals surface area contributed by atoms with Crippen molar-refractivity contribution < 1.29 is 4.79 Å². The molecule has 3 rings (SSSR count). The van der Waals surface area contributed by atoms with Crippen LogP contribution in [0.5, 0.6) is 0 Å². The van der Waals surface area contributed by atoms with E-state index in [1.807, 2.05) is 55.5 Å². The SMILES string of the molecule is CC(NC(=O)Nn1cnc2ccccc21)c1ccccc1Br. The number of hydrogen-bond donors (Lipinski definition) is 2. The molecule has 0 bridgehead atoms. The summed E-state index contributed by atoms with van der Waals surface area (Å²) in [6, 6.07) is 15.0. The third-order valence-corrected chi connectivity index (χ3v) is 4.12. The summed E-state index contributed by atoms with van der Waals surface area (Å²) in [5, 5.41) is 2.91. The Morgan fingerprint density at radius 3 is 2.73 bits per heavy atom. The molecule has 0 aliphatic rings. The van der Waals surface area contributed by atoms with Crippen molar-refractivity contribution in [3.63, 3.8) is 0 Å². The smallest absolute Gasteiger partial charge is 0.330 e. The Labute approximate surface area is 136 Å². The highest BCUT2D eigenvalue weighted by molar-refractivity contribution is 9.10. The summed E-state index contributed by atoms with van der Waals surface area (Å²) < 4.78 is 2.58. The second-order valence-corrected chi connectivity index (χ2v) is 5.79. The van der Waals surface area contributed by atoms with E-state index in [-0.39, 0.29) is 12.1 Å². The minimum atomic E-state index is -0.286. The molecule has 22 heavy (non-hydrogen) atoms. The molecular formula is C16H15BrN4O. The number of para-hydroxylation sites is 2. The van der Waals surface area contributed by atoms with Crippen LogP contribution in [0.25, 0.3) is 11.0 Å². The number of carbonyl (C=O) groups is 1. The maximum absolute atomic E-state index is 12.2. The number of imidazole rings is 1. The van der Waals surface area contributed by atoms with Gasteiger partial charge in [-0.3, -0.25) is 0 Å². The highest BCUT2D eigenvalue weighted by atomic mass is 79.9. The molecule has 1 aromatic heterocycles. The minimum absolute atomic E-state index is 0.120. The van der Waals surface area contributed by atoms with Gasteiger partial charge in [0.2, 0.25) is 0 Å². The summed E-state index contributed by atoms with van der Waals surface area (Å²) in [7, 11) is 0. The Morgan fingerprint density at radius 1 is 1.18 bits per heavy atom. The number of hydrogen-bond acceptors (Lipinski definition) is 2. The zero-order chi connectivity index (χ0) is 15.5. The first-order valence-electron chi connectivity index (χ1n) is 6.89. The number of nitrogens with zero attached hydrogens (tertiary/aromatic N) is 2. The zero-order valence-corrected chi connectivity index (χ0v) is 13.5. The van der Waals surface area contributed by atoms with Gasteiger partial charge in [0, 0.05) is 4.47 Å². The van der Waals surface area contributed by atoms with E-state index in [0.717, 1.165) is 21.1 Å². The van der Waals surface area contributed by atoms with Gasteiger partial charge in [-0.05, 0) is 30.7 Å². The fraction of sp³-hybridized carbons (Fsp3) is 0.125. The van der Waals surface area contributed by atoms with E-state index in [4.69, 9.17) is 0 Å². The predicted octanol–water partition coefficient (Wildman–Crippen LogP) is 3.81. The number of benzene rings is 2. The van der Waals surface area contributed by atoms with Crippen molar-refractivity contribution in [3.05, 3.63) is 64.9 Å². The van der Waals surface area contributed by atoms with Gasteiger partial charge in [0.05, 0.1) is 17.1 Å². The second kappa shape index (κ2) is 6.19. The third kappa shape index (κ3) is 2.96. The van der Waals surface area contributed by atoms with Gasteiger partial charge in [0.25, 0.3) is 0 Å². The van der Waals surface area contributed by atoms with Gasteiger partial charge in [-0.25, -0.2) is 19.9 Å². The maximum atomic E-state index is 12.2. The molecule has 0 aliphatic heterocycles. The lowest BCUT2D eigenvalue weighted by molar-refractivity contribution is 0.247. The van der Waals surface area contributed by atoms with Gasteiger partial charge in [0.15, 0.2) is 0 Å². The molecule has 0 spiro atoms. The van der Waals surface area contributed by atoms with Crippen LogP contribution >= 0.6 is 15.9 Å². The Morgan fingerprint density at radius 2 is 1.91 bits per heavy atom. The largest absolute Gasteiger partial charge is 0.334 e. The molecule has 0 saturated carbocycles. The second-order valence-electron chi connectivity index (χ2n) is 4.93. The van der Waals surface area contributed by atoms with Crippen molar-refractivity contribution in [2.45, 2.75) is 13.0 Å². The van der Waals surface area contributed by atoms with Gasteiger partial charge < -0.3 is 5.32 Å². The highest BCUT2D eigenvalue weighted by Crippen LogP contribution is 2.22. The summed E-state index contributed by atoms with van der Waals surface area (Å²) in [6.45, 7) is 1.94. The fourth-order valence-electron chi connectivity index (χ4n) is 2.29. The van der Waals surface area contributed by atoms with E-state index >= 15 is 0 Å². The van der Waals surface area contributed by atoms with E-state index in [0.29, 0.717) is 0 Å². The van der Waals surface area contributed by atoms with Gasteiger partial charge in [-0.1, -0.05) is 46.3 Å². The molecule has 1 atom stereocenters. The molecule has 0 fully saturated rings. The van der Waals surface area contributed by atoms with Crippen LogP contribution in [-0.4, -0.2) is 15.7 Å². The Kier molecular flexibility index (Phi) is 4.11. The van der Waals surface area contributed by atoms with Crippen LogP contribution in [0.15, 0.2) is 59.3 Å². The first kappa shape index (κ1) is 14.6. The summed E-state index contributed by atoms with van der Waals surface area (Å²) in [5.74, 6) is 0. The Bertz CT molecular complexity index is 815. The predicted molar refractivity (Wildman–Crippen MR) is 90.2 cm³/mol. The average molecular weight is 359 g/mol. The van der Waals surface area contributed by atoms with Gasteiger partial charge in [0.1, 0.15) is 6.33 Å². The molecule has 0 aliphatic carbocycles. The maximum Gasteiger partial charge on any atom is 0.334 e. The number of fused-ring (bicyclic) bond motifs is 1. The molecule has 6 heteroatoms. The molecule has 2 amide bonds. The monoisotopic (exact) mass is 358 g/mol. The molecule has 5 nitrogen and oxygen atoms in total. The summed E-state index contributed by atoms with van der Waals surface area (Å²) in [6.07, 6.45) is 1.59. The molecule has 2 aromatic carbocycles. The van der Waals surface area contributed by atoms with Crippen molar-refractivity contribution >= 4 is 33.0 Å². The van der Waals surface area contributed by atoms with Crippen molar-refractivity contribution in [2.75, 3.05) is 5.43 Å². The van der Waals surface area contributed by atoms with Crippen LogP contribution in [0.1, 0.15) is 18.5 Å². The molecule has 0 saturated heterocycles. The quantitative estimate of drug-likeness (QED) is 0.747. The molecule has 1 unspecified atom stereocenters. The molecule has 1 heterocycles. The lowest BCUT2D eigenvalue weighted by Gasteiger charge is -2.16. The minimum Gasteiger partial charge on any atom is -0.330 e. The lowest BCUT2D eigenvalue weighted by Crippen LogP contribution is -2.35. The van der Waals surface area contributed by atoms with E-state index in [1.165, 1.54) is 0 Å². The van der Waals surface area contributed by atoms with Crippen LogP contribution in [0, 0.1) is 0 Å². The van der Waals surface area contributed by atoms with Crippen molar-refractivity contribution in [2.24, 2.45) is 0 Å². The first-order valence-corrected chi connectivity index (χ1v) is 7.68. The Hall–Kier alpha value is -2.34. The van der Waals surface area contributed by atoms with Crippen LogP contribution in [0.2, 0.25) is 0 Å². The number of rotatable bonds is 3. The lowest BCUT2D eigenvalue weighted by atomic mass is 10.1. The summed E-state index contributed by atoms with van der Waals surface area (Å²) in [5.41, 5.74) is 5.48. The molecule has 2 N–H and O–H groups in total. The van der Waals surface area contributed by atoms with Crippen LogP contribution in [-0.2, 0) is 0 Å². The molecular weight excluding hydrogens is 344 g/mol. The normalized spacial score (nSPS) is 12.1. The number of halogens is 1. The van der Waals surface area contributed by atoms with Crippen molar-refractivity contribution in [1.82, 2.24) is 15.0 Å². The van der Waals surface area contributed by atoms with E-state index in [1.54, 1.807) is 11.0 Å². The first-order chi connectivity index (χ1) is 10.6. The summed E-state index contributed by atoms with van der Waals surface area (Å²) >= 11 is 3.49. The highest BCUT2D eigenvalue weighted by Gasteiger charge is 2.12. The van der Waals surface area contributed by atoms with E-state index in [9.17, 15) is 4.79 Å². The number of carbonyl (C=O) groups excluding carboxylic acids is 1. The Balaban J connectivity index is 1.71. The molecule has 3 aromatic rings. The standard InChI is InChI=1S/C16H15BrN4O/c1-11(12-6-2-3-7-13(12)17)19-16(22)20-21-10-18-14-8-4-5-9-15(14)21/h2-11H,1H3,(H2,19,20,22). The number of aromatic nitrogens is 2. The number of nitrogens with one attached hydrogen (secondary N) is 2. The average Bonchev–Trinajstić information content (AvgIpc) is 2.91. The van der Waals surface area contributed by atoms with E-state index < -0.39 is 0 Å². The van der Waals surface area contributed by atoms with Crippen molar-refractivity contribution in [3.8, 4) is 0 Å². The van der Waals surface area contributed by atoms with Crippen LogP contribution < -0.4 is 10.7 Å². The molecule has 112 valence electrons. The zero-order valence-electron chi connectivity index (χ0n) is 12.0. The van der Waals surface area contributed by atoms with Crippen LogP contribution in [0.3, 0.4) is 0 Å². The fourth-order valence-corrected chi connectivity index (χ4v) is 2.92. The van der Waals surface area contributed by atoms with Gasteiger partial charge >= 0.3 is 6.03 Å². The number of urea groups is 1. The third-order valence-electron chi connectivity index (χ3n) is 3.39. The van der Waals surface area contributed by atoms with Gasteiger partial charge in [-0.15, -0.1) is 0 Å². The summed E-state index contributed by atoms with van der Waals surface area (Å²) in [4.78, 5) is 16.4. The van der Waals surface area contributed by atoms with Crippen molar-refractivity contribution in [1.29, 1.82) is 0 Å². The molecule has 0 radical (unpaired) electrons.